The summed E-state index contributed by atoms with van der Waals surface area (Å²) in [4.78, 5) is 14.6. The molecule has 3 heterocycles. The largest absolute Gasteiger partial charge is 0.479 e. The molecule has 1 aliphatic heterocycles. The van der Waals surface area contributed by atoms with Gasteiger partial charge in [0.25, 0.3) is 0 Å². The summed E-state index contributed by atoms with van der Waals surface area (Å²) in [5.74, 6) is 0.0696. The second kappa shape index (κ2) is 10.7. The van der Waals surface area contributed by atoms with Gasteiger partial charge in [-0.3, -0.25) is 4.98 Å². The molecule has 1 aliphatic rings. The SMILES string of the molecule is COc1nc(-c2ccc(N(C)C)c(F)c2)cc2nccnc12.CSN1CCOC[C@H]1C. The monoisotopic (exact) mass is 445 g/mol. The van der Waals surface area contributed by atoms with Crippen LogP contribution in [0.1, 0.15) is 6.92 Å². The van der Waals surface area contributed by atoms with E-state index < -0.39 is 0 Å². The molecular formula is C22H28FN5O2S. The Bertz CT molecular complexity index is 1020. The summed E-state index contributed by atoms with van der Waals surface area (Å²) in [7, 11) is 5.12. The molecule has 0 amide bonds. The lowest BCUT2D eigenvalue weighted by Gasteiger charge is -2.30. The first-order valence-corrected chi connectivity index (χ1v) is 11.1. The highest BCUT2D eigenvalue weighted by molar-refractivity contribution is 7.96. The molecule has 9 heteroatoms. The first-order valence-electron chi connectivity index (χ1n) is 9.96. The van der Waals surface area contributed by atoms with Crippen LogP contribution in [-0.4, -0.2) is 72.5 Å². The summed E-state index contributed by atoms with van der Waals surface area (Å²) < 4.78 is 27.0. The van der Waals surface area contributed by atoms with Gasteiger partial charge in [-0.2, -0.15) is 0 Å². The summed E-state index contributed by atoms with van der Waals surface area (Å²) in [6.07, 6.45) is 5.29. The maximum Gasteiger partial charge on any atom is 0.242 e. The van der Waals surface area contributed by atoms with E-state index in [9.17, 15) is 4.39 Å². The molecule has 0 saturated carbocycles. The number of anilines is 1. The van der Waals surface area contributed by atoms with Gasteiger partial charge in [-0.25, -0.2) is 18.7 Å². The molecule has 31 heavy (non-hydrogen) atoms. The van der Waals surface area contributed by atoms with E-state index in [1.807, 2.05) is 18.0 Å². The van der Waals surface area contributed by atoms with E-state index >= 15 is 0 Å². The van der Waals surface area contributed by atoms with Gasteiger partial charge in [0.1, 0.15) is 5.82 Å². The van der Waals surface area contributed by atoms with Crippen LogP contribution in [0.2, 0.25) is 0 Å². The van der Waals surface area contributed by atoms with Crippen molar-refractivity contribution < 1.29 is 13.9 Å². The maximum absolute atomic E-state index is 14.2. The summed E-state index contributed by atoms with van der Waals surface area (Å²) in [6, 6.07) is 7.37. The molecule has 0 bridgehead atoms. The molecule has 0 unspecified atom stereocenters. The summed E-state index contributed by atoms with van der Waals surface area (Å²) in [5.41, 5.74) is 3.01. The average Bonchev–Trinajstić information content (AvgIpc) is 2.78. The average molecular weight is 446 g/mol. The number of hydrogen-bond acceptors (Lipinski definition) is 8. The normalized spacial score (nSPS) is 16.5. The van der Waals surface area contributed by atoms with Crippen LogP contribution in [0.3, 0.4) is 0 Å². The molecule has 0 N–H and O–H groups in total. The Morgan fingerprint density at radius 3 is 2.61 bits per heavy atom. The number of benzene rings is 1. The lowest BCUT2D eigenvalue weighted by molar-refractivity contribution is 0.0442. The second-order valence-corrected chi connectivity index (χ2v) is 8.08. The number of fused-ring (bicyclic) bond motifs is 1. The number of hydrogen-bond donors (Lipinski definition) is 0. The van der Waals surface area contributed by atoms with Crippen molar-refractivity contribution in [3.05, 3.63) is 42.5 Å². The fourth-order valence-electron chi connectivity index (χ4n) is 3.25. The Morgan fingerprint density at radius 1 is 1.23 bits per heavy atom. The zero-order valence-electron chi connectivity index (χ0n) is 18.5. The number of ether oxygens (including phenoxy) is 2. The van der Waals surface area contributed by atoms with Crippen molar-refractivity contribution in [1.82, 2.24) is 19.3 Å². The molecule has 3 aromatic rings. The highest BCUT2D eigenvalue weighted by Crippen LogP contribution is 2.29. The van der Waals surface area contributed by atoms with Crippen LogP contribution in [-0.2, 0) is 4.74 Å². The number of halogens is 1. The van der Waals surface area contributed by atoms with Crippen molar-refractivity contribution in [3.63, 3.8) is 0 Å². The van der Waals surface area contributed by atoms with Crippen molar-refractivity contribution in [3.8, 4) is 17.1 Å². The van der Waals surface area contributed by atoms with Gasteiger partial charge in [0.2, 0.25) is 5.88 Å². The van der Waals surface area contributed by atoms with E-state index in [2.05, 4.69) is 32.4 Å². The standard InChI is InChI=1S/C16H15FN4O.C6H13NOS/c1-21(2)14-5-4-10(8-11(14)17)12-9-13-15(16(20-12)22-3)19-7-6-18-13;1-6-5-8-4-3-7(6)9-2/h4-9H,1-3H3;6H,3-5H2,1-2H3/t;6-/m.1/s1. The number of aromatic nitrogens is 3. The summed E-state index contributed by atoms with van der Waals surface area (Å²) >= 11 is 1.81. The lowest BCUT2D eigenvalue weighted by Crippen LogP contribution is -2.38. The van der Waals surface area contributed by atoms with Gasteiger partial charge in [-0.05, 0) is 31.4 Å². The molecule has 1 aromatic carbocycles. The van der Waals surface area contributed by atoms with Crippen LogP contribution in [0.5, 0.6) is 5.88 Å². The van der Waals surface area contributed by atoms with Crippen LogP contribution in [0.4, 0.5) is 10.1 Å². The minimum absolute atomic E-state index is 0.303. The molecular weight excluding hydrogens is 417 g/mol. The van der Waals surface area contributed by atoms with Gasteiger partial charge in [0, 0.05) is 44.6 Å². The van der Waals surface area contributed by atoms with Gasteiger partial charge >= 0.3 is 0 Å². The predicted octanol–water partition coefficient (Wildman–Crippen LogP) is 3.89. The fourth-order valence-corrected chi connectivity index (χ4v) is 3.92. The summed E-state index contributed by atoms with van der Waals surface area (Å²) in [6.45, 7) is 5.05. The second-order valence-electron chi connectivity index (χ2n) is 7.25. The van der Waals surface area contributed by atoms with Gasteiger partial charge in [0.15, 0.2) is 5.52 Å². The molecule has 1 atom stereocenters. The Morgan fingerprint density at radius 2 is 2.00 bits per heavy atom. The van der Waals surface area contributed by atoms with Crippen LogP contribution in [0, 0.1) is 5.82 Å². The molecule has 7 nitrogen and oxygen atoms in total. The molecule has 1 fully saturated rings. The number of methoxy groups -OCH3 is 1. The number of rotatable bonds is 4. The third-order valence-electron chi connectivity index (χ3n) is 4.88. The maximum atomic E-state index is 14.2. The molecule has 0 aliphatic carbocycles. The molecule has 4 rings (SSSR count). The Balaban J connectivity index is 0.000000254. The van der Waals surface area contributed by atoms with E-state index in [-0.39, 0.29) is 5.82 Å². The van der Waals surface area contributed by atoms with E-state index in [4.69, 9.17) is 9.47 Å². The topological polar surface area (TPSA) is 63.6 Å². The molecule has 0 spiro atoms. The molecule has 2 aromatic heterocycles. The fraction of sp³-hybridized carbons (Fsp3) is 0.409. The van der Waals surface area contributed by atoms with Crippen molar-refractivity contribution in [2.45, 2.75) is 13.0 Å². The van der Waals surface area contributed by atoms with Gasteiger partial charge in [-0.15, -0.1) is 0 Å². The van der Waals surface area contributed by atoms with Crippen LogP contribution >= 0.6 is 11.9 Å². The molecule has 166 valence electrons. The van der Waals surface area contributed by atoms with Crippen molar-refractivity contribution in [2.24, 2.45) is 0 Å². The summed E-state index contributed by atoms with van der Waals surface area (Å²) in [5, 5.41) is 0. The van der Waals surface area contributed by atoms with Gasteiger partial charge < -0.3 is 14.4 Å². The molecule has 1 saturated heterocycles. The Hall–Kier alpha value is -2.49. The van der Waals surface area contributed by atoms with E-state index in [0.29, 0.717) is 39.9 Å². The Kier molecular flexibility index (Phi) is 8.00. The number of morpholine rings is 1. The first kappa shape index (κ1) is 23.2. The zero-order valence-corrected chi connectivity index (χ0v) is 19.3. The van der Waals surface area contributed by atoms with Gasteiger partial charge in [0.05, 0.1) is 37.2 Å². The zero-order chi connectivity index (χ0) is 22.4. The first-order chi connectivity index (χ1) is 14.9. The van der Waals surface area contributed by atoms with Crippen molar-refractivity contribution in [2.75, 3.05) is 52.1 Å². The highest BCUT2D eigenvalue weighted by atomic mass is 32.2. The molecule has 0 radical (unpaired) electrons. The highest BCUT2D eigenvalue weighted by Gasteiger charge is 2.16. The number of nitrogens with zero attached hydrogens (tertiary/aromatic N) is 5. The Labute approximate surface area is 186 Å². The van der Waals surface area contributed by atoms with Crippen molar-refractivity contribution >= 4 is 28.7 Å². The number of pyridine rings is 1. The van der Waals surface area contributed by atoms with E-state index in [1.165, 1.54) is 13.2 Å². The quantitative estimate of drug-likeness (QED) is 0.561. The van der Waals surface area contributed by atoms with Crippen molar-refractivity contribution in [1.29, 1.82) is 0 Å². The van der Waals surface area contributed by atoms with E-state index in [1.54, 1.807) is 43.5 Å². The van der Waals surface area contributed by atoms with Crippen LogP contribution in [0.25, 0.3) is 22.3 Å². The minimum atomic E-state index is -0.303. The van der Waals surface area contributed by atoms with Crippen LogP contribution < -0.4 is 9.64 Å². The minimum Gasteiger partial charge on any atom is -0.479 e. The van der Waals surface area contributed by atoms with Gasteiger partial charge in [-0.1, -0.05) is 18.0 Å². The van der Waals surface area contributed by atoms with Crippen LogP contribution in [0.15, 0.2) is 36.7 Å². The predicted molar refractivity (Wildman–Crippen MR) is 124 cm³/mol. The third-order valence-corrected chi connectivity index (χ3v) is 5.90. The smallest absolute Gasteiger partial charge is 0.242 e. The lowest BCUT2D eigenvalue weighted by atomic mass is 10.1. The van der Waals surface area contributed by atoms with E-state index in [0.717, 1.165) is 19.8 Å². The third kappa shape index (κ3) is 5.61.